The molecule has 1 aromatic carbocycles. The Labute approximate surface area is 140 Å². The fourth-order valence-corrected chi connectivity index (χ4v) is 2.19. The molecule has 0 fully saturated rings. The molecule has 0 radical (unpaired) electrons. The van der Waals surface area contributed by atoms with Gasteiger partial charge in [0, 0.05) is 17.7 Å². The number of carbonyl (C=O) groups excluding carboxylic acids is 2. The molecule has 0 spiro atoms. The number of hydrogen-bond acceptors (Lipinski definition) is 3. The molecule has 0 saturated carbocycles. The molecule has 3 N–H and O–H groups in total. The van der Waals surface area contributed by atoms with Gasteiger partial charge >= 0.3 is 0 Å². The van der Waals surface area contributed by atoms with Crippen molar-refractivity contribution in [2.45, 2.75) is 20.3 Å². The average molecular weight is 324 g/mol. The van der Waals surface area contributed by atoms with Crippen molar-refractivity contribution in [2.75, 3.05) is 0 Å². The first-order chi connectivity index (χ1) is 11.5. The van der Waals surface area contributed by atoms with Gasteiger partial charge in [0.25, 0.3) is 5.91 Å². The highest BCUT2D eigenvalue weighted by atomic mass is 16.3. The first-order valence-electron chi connectivity index (χ1n) is 7.58. The second-order valence-corrected chi connectivity index (χ2v) is 5.36. The number of allylic oxidation sites excluding steroid dienone is 2. The van der Waals surface area contributed by atoms with Crippen molar-refractivity contribution in [3.8, 4) is 11.3 Å². The topological polar surface area (TPSA) is 85.3 Å². The molecule has 0 aliphatic rings. The van der Waals surface area contributed by atoms with Crippen LogP contribution in [0.4, 0.5) is 0 Å². The number of hydrogen-bond donors (Lipinski definition) is 2. The lowest BCUT2D eigenvalue weighted by molar-refractivity contribution is -0.117. The summed E-state index contributed by atoms with van der Waals surface area (Å²) in [6, 6.07) is 12.9. The lowest BCUT2D eigenvalue weighted by atomic mass is 10.1. The Morgan fingerprint density at radius 1 is 1.17 bits per heavy atom. The van der Waals surface area contributed by atoms with Gasteiger partial charge in [-0.3, -0.25) is 9.59 Å². The van der Waals surface area contributed by atoms with Crippen LogP contribution >= 0.6 is 0 Å². The summed E-state index contributed by atoms with van der Waals surface area (Å²) in [5.74, 6) is 0.0786. The Morgan fingerprint density at radius 2 is 1.88 bits per heavy atom. The second-order valence-electron chi connectivity index (χ2n) is 5.36. The Hall–Kier alpha value is -3.08. The van der Waals surface area contributed by atoms with Gasteiger partial charge in [0.05, 0.1) is 0 Å². The summed E-state index contributed by atoms with van der Waals surface area (Å²) in [5, 5.41) is 2.75. The van der Waals surface area contributed by atoms with Gasteiger partial charge in [0.15, 0.2) is 5.76 Å². The monoisotopic (exact) mass is 324 g/mol. The largest absolute Gasteiger partial charge is 0.451 e. The van der Waals surface area contributed by atoms with Crippen LogP contribution in [0.5, 0.6) is 0 Å². The van der Waals surface area contributed by atoms with Crippen LogP contribution in [0.3, 0.4) is 0 Å². The molecule has 5 heteroatoms. The van der Waals surface area contributed by atoms with Crippen LogP contribution in [0.25, 0.3) is 11.3 Å². The summed E-state index contributed by atoms with van der Waals surface area (Å²) in [7, 11) is 0. The van der Waals surface area contributed by atoms with Crippen molar-refractivity contribution < 1.29 is 14.0 Å². The van der Waals surface area contributed by atoms with E-state index in [4.69, 9.17) is 10.2 Å². The van der Waals surface area contributed by atoms with Crippen molar-refractivity contribution >= 4 is 11.8 Å². The zero-order valence-corrected chi connectivity index (χ0v) is 13.7. The van der Waals surface area contributed by atoms with Crippen LogP contribution in [0.15, 0.2) is 70.3 Å². The van der Waals surface area contributed by atoms with Gasteiger partial charge in [-0.05, 0) is 32.1 Å². The van der Waals surface area contributed by atoms with E-state index in [-0.39, 0.29) is 18.1 Å². The second kappa shape index (κ2) is 7.97. The van der Waals surface area contributed by atoms with E-state index in [0.717, 1.165) is 11.1 Å². The Balaban J connectivity index is 2.09. The van der Waals surface area contributed by atoms with Gasteiger partial charge in [0.1, 0.15) is 5.76 Å². The van der Waals surface area contributed by atoms with E-state index in [0.29, 0.717) is 11.5 Å². The molecule has 0 aliphatic carbocycles. The third-order valence-corrected chi connectivity index (χ3v) is 3.31. The standard InChI is InChI=1S/C19H20N2O3/c1-3-15(11-13(2)12-18(20)22)21-19(23)17-10-9-16(24-17)14-7-5-4-6-8-14/h3-11H,12H2,1-2H3,(H2,20,22)(H,21,23)/b13-11+,15-3+. The Bertz CT molecular complexity index is 786. The van der Waals surface area contributed by atoms with Crippen LogP contribution in [0.2, 0.25) is 0 Å². The molecule has 0 saturated heterocycles. The normalized spacial score (nSPS) is 12.1. The number of rotatable bonds is 6. The minimum absolute atomic E-state index is 0.145. The summed E-state index contributed by atoms with van der Waals surface area (Å²) in [4.78, 5) is 23.2. The highest BCUT2D eigenvalue weighted by Gasteiger charge is 2.13. The first kappa shape index (κ1) is 17.3. The maximum atomic E-state index is 12.3. The lowest BCUT2D eigenvalue weighted by Gasteiger charge is -2.05. The molecule has 5 nitrogen and oxygen atoms in total. The first-order valence-corrected chi connectivity index (χ1v) is 7.58. The van der Waals surface area contributed by atoms with Gasteiger partial charge in [0.2, 0.25) is 5.91 Å². The molecule has 0 atom stereocenters. The Morgan fingerprint density at radius 3 is 2.50 bits per heavy atom. The van der Waals surface area contributed by atoms with Crippen LogP contribution < -0.4 is 11.1 Å². The van der Waals surface area contributed by atoms with Crippen LogP contribution in [0.1, 0.15) is 30.8 Å². The molecule has 2 rings (SSSR count). The zero-order chi connectivity index (χ0) is 17.5. The molecule has 2 aromatic rings. The summed E-state index contributed by atoms with van der Waals surface area (Å²) in [6.45, 7) is 3.57. The van der Waals surface area contributed by atoms with E-state index >= 15 is 0 Å². The van der Waals surface area contributed by atoms with Crippen LogP contribution in [0, 0.1) is 0 Å². The van der Waals surface area contributed by atoms with E-state index in [1.807, 2.05) is 30.3 Å². The number of primary amides is 1. The molecule has 1 heterocycles. The SMILES string of the molecule is C/C=C(\C=C(/C)CC(N)=O)NC(=O)c1ccc(-c2ccccc2)o1. The maximum absolute atomic E-state index is 12.3. The number of benzene rings is 1. The van der Waals surface area contributed by atoms with Gasteiger partial charge in [-0.25, -0.2) is 0 Å². The summed E-state index contributed by atoms with van der Waals surface area (Å²) in [5.41, 5.74) is 7.41. The number of furan rings is 1. The zero-order valence-electron chi connectivity index (χ0n) is 13.7. The lowest BCUT2D eigenvalue weighted by Crippen LogP contribution is -2.21. The highest BCUT2D eigenvalue weighted by Crippen LogP contribution is 2.21. The summed E-state index contributed by atoms with van der Waals surface area (Å²) in [6.07, 6.45) is 3.60. The molecule has 0 unspecified atom stereocenters. The van der Waals surface area contributed by atoms with E-state index in [1.54, 1.807) is 38.1 Å². The maximum Gasteiger partial charge on any atom is 0.291 e. The van der Waals surface area contributed by atoms with Gasteiger partial charge in [-0.2, -0.15) is 0 Å². The third kappa shape index (κ3) is 4.71. The quantitative estimate of drug-likeness (QED) is 0.799. The minimum atomic E-state index is -0.413. The molecule has 2 amide bonds. The molecule has 24 heavy (non-hydrogen) atoms. The predicted octanol–water partition coefficient (Wildman–Crippen LogP) is 3.40. The van der Waals surface area contributed by atoms with Crippen molar-refractivity contribution in [2.24, 2.45) is 5.73 Å². The van der Waals surface area contributed by atoms with Crippen LogP contribution in [-0.4, -0.2) is 11.8 Å². The smallest absolute Gasteiger partial charge is 0.291 e. The van der Waals surface area contributed by atoms with E-state index in [2.05, 4.69) is 5.32 Å². The van der Waals surface area contributed by atoms with Crippen molar-refractivity contribution in [3.63, 3.8) is 0 Å². The van der Waals surface area contributed by atoms with Gasteiger partial charge < -0.3 is 15.5 Å². The third-order valence-electron chi connectivity index (χ3n) is 3.31. The number of nitrogens with two attached hydrogens (primary N) is 1. The molecule has 0 bridgehead atoms. The average Bonchev–Trinajstić information content (AvgIpc) is 3.04. The van der Waals surface area contributed by atoms with E-state index in [1.165, 1.54) is 0 Å². The Kier molecular flexibility index (Phi) is 5.73. The number of nitrogens with one attached hydrogen (secondary N) is 1. The number of carbonyl (C=O) groups is 2. The fraction of sp³-hybridized carbons (Fsp3) is 0.158. The summed E-state index contributed by atoms with van der Waals surface area (Å²) < 4.78 is 5.61. The van der Waals surface area contributed by atoms with Gasteiger partial charge in [-0.1, -0.05) is 42.0 Å². The van der Waals surface area contributed by atoms with E-state index in [9.17, 15) is 9.59 Å². The van der Waals surface area contributed by atoms with Crippen LogP contribution in [-0.2, 0) is 4.79 Å². The molecular formula is C19H20N2O3. The minimum Gasteiger partial charge on any atom is -0.451 e. The predicted molar refractivity (Wildman–Crippen MR) is 92.9 cm³/mol. The molecule has 124 valence electrons. The van der Waals surface area contributed by atoms with Crippen molar-refractivity contribution in [1.29, 1.82) is 0 Å². The highest BCUT2D eigenvalue weighted by molar-refractivity contribution is 5.93. The van der Waals surface area contributed by atoms with Crippen molar-refractivity contribution in [1.82, 2.24) is 5.32 Å². The van der Waals surface area contributed by atoms with Crippen molar-refractivity contribution in [3.05, 3.63) is 71.6 Å². The number of amides is 2. The molecule has 0 aliphatic heterocycles. The summed E-state index contributed by atoms with van der Waals surface area (Å²) >= 11 is 0. The molecule has 1 aromatic heterocycles. The molecular weight excluding hydrogens is 304 g/mol. The fourth-order valence-electron chi connectivity index (χ4n) is 2.19. The van der Waals surface area contributed by atoms with Gasteiger partial charge in [-0.15, -0.1) is 0 Å². The van der Waals surface area contributed by atoms with E-state index < -0.39 is 5.91 Å².